The van der Waals surface area contributed by atoms with Gasteiger partial charge in [0.15, 0.2) is 0 Å². The Kier molecular flexibility index (Phi) is 3.64. The van der Waals surface area contributed by atoms with Gasteiger partial charge in [-0.05, 0) is 38.6 Å². The van der Waals surface area contributed by atoms with E-state index in [-0.39, 0.29) is 5.91 Å². The van der Waals surface area contributed by atoms with Crippen molar-refractivity contribution in [3.63, 3.8) is 0 Å². The van der Waals surface area contributed by atoms with Gasteiger partial charge in [0, 0.05) is 18.3 Å². The quantitative estimate of drug-likeness (QED) is 0.824. The number of likely N-dealkylation sites (tertiary alicyclic amines) is 1. The maximum Gasteiger partial charge on any atom is 0.250 e. The topological polar surface area (TPSA) is 58.4 Å². The van der Waals surface area contributed by atoms with Crippen LogP contribution in [0.3, 0.4) is 0 Å². The number of para-hydroxylation sites is 1. The van der Waals surface area contributed by atoms with Crippen LogP contribution < -0.4 is 11.1 Å². The lowest BCUT2D eigenvalue weighted by Crippen LogP contribution is -2.32. The Hall–Kier alpha value is -1.55. The van der Waals surface area contributed by atoms with Gasteiger partial charge in [0.05, 0.1) is 5.56 Å². The number of amides is 1. The van der Waals surface area contributed by atoms with Gasteiger partial charge in [-0.1, -0.05) is 12.1 Å². The summed E-state index contributed by atoms with van der Waals surface area (Å²) < 4.78 is 0. The van der Waals surface area contributed by atoms with E-state index in [2.05, 4.69) is 17.3 Å². The fourth-order valence-electron chi connectivity index (χ4n) is 2.32. The number of primary amides is 1. The van der Waals surface area contributed by atoms with Crippen LogP contribution in [0.2, 0.25) is 0 Å². The number of nitrogens with two attached hydrogens (primary N) is 1. The zero-order chi connectivity index (χ0) is 12.3. The van der Waals surface area contributed by atoms with E-state index < -0.39 is 0 Å². The number of anilines is 1. The minimum atomic E-state index is -0.382. The predicted octanol–water partition coefficient (Wildman–Crippen LogP) is 1.29. The number of hydrogen-bond acceptors (Lipinski definition) is 3. The van der Waals surface area contributed by atoms with Crippen LogP contribution in [0.4, 0.5) is 5.69 Å². The summed E-state index contributed by atoms with van der Waals surface area (Å²) in [4.78, 5) is 13.6. The molecule has 1 heterocycles. The lowest BCUT2D eigenvalue weighted by molar-refractivity contribution is 0.100. The number of nitrogens with one attached hydrogen (secondary N) is 1. The predicted molar refractivity (Wildman–Crippen MR) is 69.1 cm³/mol. The van der Waals surface area contributed by atoms with Gasteiger partial charge in [0.2, 0.25) is 0 Å². The fraction of sp³-hybridized carbons (Fsp3) is 0.462. The molecular weight excluding hydrogens is 214 g/mol. The Morgan fingerprint density at radius 1 is 1.53 bits per heavy atom. The van der Waals surface area contributed by atoms with Gasteiger partial charge in [0.25, 0.3) is 5.91 Å². The van der Waals surface area contributed by atoms with Crippen LogP contribution in [-0.4, -0.2) is 37.0 Å². The maximum atomic E-state index is 11.3. The highest BCUT2D eigenvalue weighted by molar-refractivity contribution is 5.98. The zero-order valence-corrected chi connectivity index (χ0v) is 10.1. The highest BCUT2D eigenvalue weighted by Crippen LogP contribution is 2.18. The Labute approximate surface area is 102 Å². The summed E-state index contributed by atoms with van der Waals surface area (Å²) in [6, 6.07) is 7.94. The molecule has 92 valence electrons. The third kappa shape index (κ3) is 2.77. The van der Waals surface area contributed by atoms with Crippen molar-refractivity contribution in [2.75, 3.05) is 25.5 Å². The molecule has 4 nitrogen and oxygen atoms in total. The molecule has 0 bridgehead atoms. The molecule has 2 rings (SSSR count). The van der Waals surface area contributed by atoms with E-state index in [0.717, 1.165) is 18.8 Å². The normalized spacial score (nSPS) is 20.4. The smallest absolute Gasteiger partial charge is 0.250 e. The van der Waals surface area contributed by atoms with E-state index in [1.807, 2.05) is 18.2 Å². The van der Waals surface area contributed by atoms with Gasteiger partial charge in [-0.15, -0.1) is 0 Å². The van der Waals surface area contributed by atoms with E-state index in [0.29, 0.717) is 11.6 Å². The molecule has 0 saturated carbocycles. The number of carbonyl (C=O) groups is 1. The molecule has 0 aromatic heterocycles. The average Bonchev–Trinajstić information content (AvgIpc) is 2.72. The largest absolute Gasteiger partial charge is 0.383 e. The third-order valence-electron chi connectivity index (χ3n) is 3.39. The van der Waals surface area contributed by atoms with E-state index >= 15 is 0 Å². The van der Waals surface area contributed by atoms with Crippen molar-refractivity contribution >= 4 is 11.6 Å². The van der Waals surface area contributed by atoms with Gasteiger partial charge >= 0.3 is 0 Å². The van der Waals surface area contributed by atoms with E-state index in [1.54, 1.807) is 6.07 Å². The molecule has 0 aliphatic carbocycles. The molecule has 1 aromatic carbocycles. The van der Waals surface area contributed by atoms with Crippen LogP contribution in [0.1, 0.15) is 23.2 Å². The van der Waals surface area contributed by atoms with E-state index in [4.69, 9.17) is 5.73 Å². The fourth-order valence-corrected chi connectivity index (χ4v) is 2.32. The number of rotatable bonds is 4. The second-order valence-electron chi connectivity index (χ2n) is 4.57. The first kappa shape index (κ1) is 11.9. The van der Waals surface area contributed by atoms with Crippen molar-refractivity contribution < 1.29 is 4.79 Å². The summed E-state index contributed by atoms with van der Waals surface area (Å²) >= 11 is 0. The first-order chi connectivity index (χ1) is 8.18. The zero-order valence-electron chi connectivity index (χ0n) is 10.1. The lowest BCUT2D eigenvalue weighted by atomic mass is 10.1. The van der Waals surface area contributed by atoms with Crippen molar-refractivity contribution in [2.24, 2.45) is 5.73 Å². The van der Waals surface area contributed by atoms with Crippen LogP contribution in [0.25, 0.3) is 0 Å². The highest BCUT2D eigenvalue weighted by atomic mass is 16.1. The van der Waals surface area contributed by atoms with Crippen LogP contribution in [0, 0.1) is 0 Å². The summed E-state index contributed by atoms with van der Waals surface area (Å²) in [6.45, 7) is 2.02. The first-order valence-corrected chi connectivity index (χ1v) is 6.01. The molecule has 1 aliphatic heterocycles. The summed E-state index contributed by atoms with van der Waals surface area (Å²) in [7, 11) is 2.14. The molecule has 1 aliphatic rings. The van der Waals surface area contributed by atoms with Crippen LogP contribution >= 0.6 is 0 Å². The average molecular weight is 233 g/mol. The van der Waals surface area contributed by atoms with Gasteiger partial charge in [-0.3, -0.25) is 4.79 Å². The maximum absolute atomic E-state index is 11.3. The Balaban J connectivity index is 2.01. The van der Waals surface area contributed by atoms with Crippen molar-refractivity contribution in [2.45, 2.75) is 18.9 Å². The number of carbonyl (C=O) groups excluding carboxylic acids is 1. The Morgan fingerprint density at radius 2 is 2.29 bits per heavy atom. The highest BCUT2D eigenvalue weighted by Gasteiger charge is 2.20. The van der Waals surface area contributed by atoms with Crippen LogP contribution in [-0.2, 0) is 0 Å². The molecule has 1 unspecified atom stereocenters. The minimum Gasteiger partial charge on any atom is -0.383 e. The van der Waals surface area contributed by atoms with Gasteiger partial charge in [-0.25, -0.2) is 0 Å². The van der Waals surface area contributed by atoms with E-state index in [9.17, 15) is 4.79 Å². The SMILES string of the molecule is CN1CCCC1CNc1ccccc1C(N)=O. The third-order valence-corrected chi connectivity index (χ3v) is 3.39. The van der Waals surface area contributed by atoms with Crippen LogP contribution in [0.15, 0.2) is 24.3 Å². The van der Waals surface area contributed by atoms with Crippen LogP contribution in [0.5, 0.6) is 0 Å². The molecular formula is C13H19N3O. The molecule has 1 amide bonds. The summed E-state index contributed by atoms with van der Waals surface area (Å²) in [5.74, 6) is -0.382. The molecule has 17 heavy (non-hydrogen) atoms. The summed E-state index contributed by atoms with van der Waals surface area (Å²) in [5, 5.41) is 3.32. The molecule has 3 N–H and O–H groups in total. The van der Waals surface area contributed by atoms with E-state index in [1.165, 1.54) is 12.8 Å². The van der Waals surface area contributed by atoms with Gasteiger partial charge in [0.1, 0.15) is 0 Å². The second-order valence-corrected chi connectivity index (χ2v) is 4.57. The second kappa shape index (κ2) is 5.19. The van der Waals surface area contributed by atoms with Crippen molar-refractivity contribution in [3.05, 3.63) is 29.8 Å². The molecule has 1 saturated heterocycles. The molecule has 1 atom stereocenters. The lowest BCUT2D eigenvalue weighted by Gasteiger charge is -2.21. The number of likely N-dealkylation sites (N-methyl/N-ethyl adjacent to an activating group) is 1. The number of benzene rings is 1. The summed E-state index contributed by atoms with van der Waals surface area (Å²) in [5.41, 5.74) is 6.73. The summed E-state index contributed by atoms with van der Waals surface area (Å²) in [6.07, 6.45) is 2.46. The number of nitrogens with zero attached hydrogens (tertiary/aromatic N) is 1. The van der Waals surface area contributed by atoms with Gasteiger partial charge in [-0.2, -0.15) is 0 Å². The van der Waals surface area contributed by atoms with Gasteiger partial charge < -0.3 is 16.0 Å². The first-order valence-electron chi connectivity index (χ1n) is 6.01. The molecule has 4 heteroatoms. The molecule has 1 aromatic rings. The number of hydrogen-bond donors (Lipinski definition) is 2. The Bertz CT molecular complexity index is 405. The van der Waals surface area contributed by atoms with Crippen molar-refractivity contribution in [3.8, 4) is 0 Å². The Morgan fingerprint density at radius 3 is 2.94 bits per heavy atom. The van der Waals surface area contributed by atoms with Crippen molar-refractivity contribution in [1.82, 2.24) is 4.90 Å². The molecule has 0 spiro atoms. The molecule has 1 fully saturated rings. The minimum absolute atomic E-state index is 0.382. The molecule has 0 radical (unpaired) electrons. The van der Waals surface area contributed by atoms with Crippen molar-refractivity contribution in [1.29, 1.82) is 0 Å². The standard InChI is InChI=1S/C13H19N3O/c1-16-8-4-5-10(16)9-15-12-7-3-2-6-11(12)13(14)17/h2-3,6-7,10,15H,4-5,8-9H2,1H3,(H2,14,17). The monoisotopic (exact) mass is 233 g/mol.